The van der Waals surface area contributed by atoms with Crippen molar-refractivity contribution in [3.05, 3.63) is 53.6 Å². The van der Waals surface area contributed by atoms with E-state index in [4.69, 9.17) is 9.47 Å². The molecular weight excluding hydrogens is 374 g/mol. The Morgan fingerprint density at radius 2 is 1.90 bits per heavy atom. The summed E-state index contributed by atoms with van der Waals surface area (Å²) in [5.41, 5.74) is 0.860. The summed E-state index contributed by atoms with van der Waals surface area (Å²) in [6.45, 7) is 4.02. The molecule has 8 nitrogen and oxygen atoms in total. The molecule has 4 amide bonds. The van der Waals surface area contributed by atoms with Crippen molar-refractivity contribution < 1.29 is 23.9 Å². The second-order valence-corrected chi connectivity index (χ2v) is 7.22. The number of urea groups is 1. The molecule has 0 aliphatic carbocycles. The molecule has 1 atom stereocenters. The van der Waals surface area contributed by atoms with Gasteiger partial charge in [0.1, 0.15) is 25.3 Å². The maximum atomic E-state index is 13.0. The summed E-state index contributed by atoms with van der Waals surface area (Å²) < 4.78 is 11.1. The summed E-state index contributed by atoms with van der Waals surface area (Å²) in [5, 5.41) is 5.40. The van der Waals surface area contributed by atoms with E-state index in [1.54, 1.807) is 31.2 Å². The smallest absolute Gasteiger partial charge is 0.325 e. The predicted molar refractivity (Wildman–Crippen MR) is 105 cm³/mol. The lowest BCUT2D eigenvalue weighted by molar-refractivity contribution is -0.133. The van der Waals surface area contributed by atoms with Crippen molar-refractivity contribution in [2.45, 2.75) is 19.4 Å². The molecule has 1 fully saturated rings. The number of hydrogen-bond acceptors (Lipinski definition) is 5. The molecule has 4 rings (SSSR count). The lowest BCUT2D eigenvalue weighted by Gasteiger charge is -2.25. The van der Waals surface area contributed by atoms with Gasteiger partial charge >= 0.3 is 6.03 Å². The van der Waals surface area contributed by atoms with Gasteiger partial charge in [-0.25, -0.2) is 4.79 Å². The van der Waals surface area contributed by atoms with Gasteiger partial charge in [-0.2, -0.15) is 0 Å². The number of anilines is 1. The van der Waals surface area contributed by atoms with Gasteiger partial charge in [-0.05, 0) is 49.2 Å². The Kier molecular flexibility index (Phi) is 4.62. The van der Waals surface area contributed by atoms with E-state index in [1.807, 2.05) is 25.1 Å². The van der Waals surface area contributed by atoms with Crippen LogP contribution in [0.4, 0.5) is 10.5 Å². The van der Waals surface area contributed by atoms with Crippen molar-refractivity contribution in [2.24, 2.45) is 0 Å². The largest absolute Gasteiger partial charge is 0.486 e. The number of benzene rings is 2. The molecule has 0 radical (unpaired) electrons. The highest BCUT2D eigenvalue weighted by atomic mass is 16.6. The lowest BCUT2D eigenvalue weighted by atomic mass is 9.91. The molecule has 0 saturated carbocycles. The normalized spacial score (nSPS) is 20.4. The van der Waals surface area contributed by atoms with Crippen LogP contribution in [0.5, 0.6) is 11.5 Å². The molecule has 29 heavy (non-hydrogen) atoms. The van der Waals surface area contributed by atoms with Crippen LogP contribution in [0, 0.1) is 6.92 Å². The first-order chi connectivity index (χ1) is 13.9. The summed E-state index contributed by atoms with van der Waals surface area (Å²) >= 11 is 0. The van der Waals surface area contributed by atoms with Gasteiger partial charge in [0, 0.05) is 5.69 Å². The molecule has 0 bridgehead atoms. The second kappa shape index (κ2) is 7.12. The molecule has 8 heteroatoms. The lowest BCUT2D eigenvalue weighted by Crippen LogP contribution is -2.42. The summed E-state index contributed by atoms with van der Waals surface area (Å²) in [4.78, 5) is 38.8. The fraction of sp³-hybridized carbons (Fsp3) is 0.286. The molecule has 0 unspecified atom stereocenters. The minimum Gasteiger partial charge on any atom is -0.486 e. The third-order valence-electron chi connectivity index (χ3n) is 5.00. The van der Waals surface area contributed by atoms with Gasteiger partial charge < -0.3 is 20.1 Å². The zero-order valence-corrected chi connectivity index (χ0v) is 16.2. The van der Waals surface area contributed by atoms with Gasteiger partial charge in [0.25, 0.3) is 5.91 Å². The number of carbonyl (C=O) groups is 3. The van der Waals surface area contributed by atoms with Crippen LogP contribution in [0.3, 0.4) is 0 Å². The SMILES string of the molecule is Cc1cccc(NC(=O)CN2C(=O)N[C@](C)(c3ccc4c(c3)OCCO4)C2=O)c1. The topological polar surface area (TPSA) is 97.0 Å². The van der Waals surface area contributed by atoms with Crippen molar-refractivity contribution in [3.63, 3.8) is 0 Å². The molecule has 0 spiro atoms. The number of ether oxygens (including phenoxy) is 2. The molecule has 2 aliphatic rings. The van der Waals surface area contributed by atoms with E-state index in [0.29, 0.717) is 36.0 Å². The third kappa shape index (κ3) is 3.49. The number of imide groups is 1. The highest BCUT2D eigenvalue weighted by Gasteiger charge is 2.49. The summed E-state index contributed by atoms with van der Waals surface area (Å²) in [7, 11) is 0. The highest BCUT2D eigenvalue weighted by Crippen LogP contribution is 2.36. The van der Waals surface area contributed by atoms with Crippen LogP contribution in [0.15, 0.2) is 42.5 Å². The van der Waals surface area contributed by atoms with E-state index in [1.165, 1.54) is 0 Å². The maximum absolute atomic E-state index is 13.0. The van der Waals surface area contributed by atoms with E-state index in [-0.39, 0.29) is 6.54 Å². The van der Waals surface area contributed by atoms with Crippen LogP contribution in [0.1, 0.15) is 18.1 Å². The number of nitrogens with one attached hydrogen (secondary N) is 2. The Balaban J connectivity index is 1.51. The number of carbonyl (C=O) groups excluding carboxylic acids is 3. The van der Waals surface area contributed by atoms with Crippen LogP contribution in [-0.2, 0) is 15.1 Å². The van der Waals surface area contributed by atoms with Crippen molar-refractivity contribution in [3.8, 4) is 11.5 Å². The van der Waals surface area contributed by atoms with E-state index in [9.17, 15) is 14.4 Å². The Bertz CT molecular complexity index is 1010. The molecule has 0 aromatic heterocycles. The first-order valence-corrected chi connectivity index (χ1v) is 9.27. The number of amides is 4. The van der Waals surface area contributed by atoms with Crippen LogP contribution in [-0.4, -0.2) is 42.5 Å². The fourth-order valence-corrected chi connectivity index (χ4v) is 3.46. The van der Waals surface area contributed by atoms with Gasteiger partial charge in [0.15, 0.2) is 11.5 Å². The molecular formula is C21H21N3O5. The van der Waals surface area contributed by atoms with Crippen molar-refractivity contribution in [1.29, 1.82) is 0 Å². The fourth-order valence-electron chi connectivity index (χ4n) is 3.46. The monoisotopic (exact) mass is 395 g/mol. The Morgan fingerprint density at radius 1 is 1.14 bits per heavy atom. The Hall–Kier alpha value is -3.55. The van der Waals surface area contributed by atoms with Crippen LogP contribution in [0.2, 0.25) is 0 Å². The van der Waals surface area contributed by atoms with Crippen molar-refractivity contribution in [1.82, 2.24) is 10.2 Å². The van der Waals surface area contributed by atoms with E-state index >= 15 is 0 Å². The van der Waals surface area contributed by atoms with Crippen LogP contribution in [0.25, 0.3) is 0 Å². The number of hydrogen-bond donors (Lipinski definition) is 2. The van der Waals surface area contributed by atoms with Gasteiger partial charge in [-0.1, -0.05) is 18.2 Å². The third-order valence-corrected chi connectivity index (χ3v) is 5.00. The quantitative estimate of drug-likeness (QED) is 0.774. The first kappa shape index (κ1) is 18.8. The van der Waals surface area contributed by atoms with Gasteiger partial charge in [0.2, 0.25) is 5.91 Å². The van der Waals surface area contributed by atoms with Crippen LogP contribution < -0.4 is 20.1 Å². The summed E-state index contributed by atoms with van der Waals surface area (Å²) in [6.07, 6.45) is 0. The standard InChI is InChI=1S/C21H21N3O5/c1-13-4-3-5-15(10-13)22-18(25)12-24-19(26)21(2,23-20(24)27)14-6-7-16-17(11-14)29-9-8-28-16/h3-7,10-11H,8-9,12H2,1-2H3,(H,22,25)(H,23,27)/t21-/m1/s1. The van der Waals surface area contributed by atoms with E-state index in [2.05, 4.69) is 10.6 Å². The average molecular weight is 395 g/mol. The number of aryl methyl sites for hydroxylation is 1. The molecule has 150 valence electrons. The van der Waals surface area contributed by atoms with Gasteiger partial charge in [0.05, 0.1) is 0 Å². The Labute approximate surface area is 167 Å². The maximum Gasteiger partial charge on any atom is 0.325 e. The minimum absolute atomic E-state index is 0.376. The molecule has 2 heterocycles. The van der Waals surface area contributed by atoms with E-state index < -0.39 is 23.4 Å². The van der Waals surface area contributed by atoms with Crippen molar-refractivity contribution >= 4 is 23.5 Å². The molecule has 2 aromatic rings. The average Bonchev–Trinajstić information content (AvgIpc) is 2.91. The molecule has 2 aromatic carbocycles. The molecule has 1 saturated heterocycles. The number of fused-ring (bicyclic) bond motifs is 1. The zero-order chi connectivity index (χ0) is 20.6. The molecule has 2 aliphatic heterocycles. The number of nitrogens with zero attached hydrogens (tertiary/aromatic N) is 1. The molecule has 2 N–H and O–H groups in total. The van der Waals surface area contributed by atoms with Crippen molar-refractivity contribution in [2.75, 3.05) is 25.1 Å². The predicted octanol–water partition coefficient (Wildman–Crippen LogP) is 2.17. The second-order valence-electron chi connectivity index (χ2n) is 7.22. The Morgan fingerprint density at radius 3 is 2.66 bits per heavy atom. The summed E-state index contributed by atoms with van der Waals surface area (Å²) in [5.74, 6) is 0.159. The van der Waals surface area contributed by atoms with Crippen LogP contribution >= 0.6 is 0 Å². The van der Waals surface area contributed by atoms with Gasteiger partial charge in [-0.15, -0.1) is 0 Å². The minimum atomic E-state index is -1.30. The number of rotatable bonds is 4. The first-order valence-electron chi connectivity index (χ1n) is 9.27. The zero-order valence-electron chi connectivity index (χ0n) is 16.2. The van der Waals surface area contributed by atoms with Gasteiger partial charge in [-0.3, -0.25) is 14.5 Å². The van der Waals surface area contributed by atoms with E-state index in [0.717, 1.165) is 10.5 Å². The highest BCUT2D eigenvalue weighted by molar-refractivity contribution is 6.10. The summed E-state index contributed by atoms with van der Waals surface area (Å²) in [6, 6.07) is 11.8.